The van der Waals surface area contributed by atoms with Gasteiger partial charge in [0.05, 0.1) is 28.5 Å². The van der Waals surface area contributed by atoms with Gasteiger partial charge in [0.15, 0.2) is 11.6 Å². The first-order valence-electron chi connectivity index (χ1n) is 10.8. The Morgan fingerprint density at radius 3 is 2.50 bits per heavy atom. The van der Waals surface area contributed by atoms with E-state index in [1.165, 1.54) is 18.5 Å². The van der Waals surface area contributed by atoms with Gasteiger partial charge in [-0.1, -0.05) is 35.9 Å². The summed E-state index contributed by atoms with van der Waals surface area (Å²) in [5.41, 5.74) is 2.77. The summed E-state index contributed by atoms with van der Waals surface area (Å²) in [7, 11) is 0. The highest BCUT2D eigenvalue weighted by Crippen LogP contribution is 2.36. The molecule has 3 heterocycles. The van der Waals surface area contributed by atoms with E-state index in [4.69, 9.17) is 11.6 Å². The van der Waals surface area contributed by atoms with Crippen molar-refractivity contribution in [1.82, 2.24) is 19.9 Å². The Bertz CT molecular complexity index is 1360. The van der Waals surface area contributed by atoms with E-state index >= 15 is 4.39 Å². The first-order chi connectivity index (χ1) is 16.1. The Hall–Kier alpha value is -3.20. The number of fused-ring (bicyclic) bond motifs is 1. The molecule has 0 amide bonds. The smallest absolute Gasteiger partial charge is 0.159 e. The monoisotopic (exact) mass is 481 g/mol. The standard InChI is InChI=1S/C25H25ClFN5O2/c1-13(16-7-5-6-15(8-16)12-33)31-23-20(26)14(2)30-19-9-18(27)21(32-22(19)23)17-10-28-24(29-11-17)25(3,4)34/h5-11,13,33-34H,12H2,1-4H3,(H,30,31). The van der Waals surface area contributed by atoms with E-state index in [2.05, 4.69) is 25.3 Å². The molecule has 3 N–H and O–H groups in total. The number of aromatic nitrogens is 4. The zero-order chi connectivity index (χ0) is 24.6. The number of benzene rings is 1. The number of nitrogens with zero attached hydrogens (tertiary/aromatic N) is 4. The molecule has 0 aliphatic rings. The van der Waals surface area contributed by atoms with Crippen molar-refractivity contribution >= 4 is 28.3 Å². The van der Waals surface area contributed by atoms with Crippen molar-refractivity contribution in [3.05, 3.63) is 76.2 Å². The van der Waals surface area contributed by atoms with Gasteiger partial charge in [-0.3, -0.25) is 0 Å². The van der Waals surface area contributed by atoms with Gasteiger partial charge in [0.1, 0.15) is 16.8 Å². The number of aliphatic hydroxyl groups is 2. The minimum atomic E-state index is -1.22. The molecular formula is C25H25ClFN5O2. The fourth-order valence-corrected chi connectivity index (χ4v) is 3.81. The average Bonchev–Trinajstić information content (AvgIpc) is 2.81. The third kappa shape index (κ3) is 4.70. The second-order valence-electron chi connectivity index (χ2n) is 8.70. The Labute approximate surface area is 201 Å². The van der Waals surface area contributed by atoms with Crippen LogP contribution in [0.15, 0.2) is 42.7 Å². The molecule has 0 aliphatic carbocycles. The molecule has 0 radical (unpaired) electrons. The van der Waals surface area contributed by atoms with Gasteiger partial charge in [0.25, 0.3) is 0 Å². The first-order valence-corrected chi connectivity index (χ1v) is 11.1. The number of aryl methyl sites for hydroxylation is 1. The molecule has 1 unspecified atom stereocenters. The topological polar surface area (TPSA) is 104 Å². The summed E-state index contributed by atoms with van der Waals surface area (Å²) in [6.07, 6.45) is 2.85. The average molecular weight is 482 g/mol. The zero-order valence-corrected chi connectivity index (χ0v) is 20.0. The highest BCUT2D eigenvalue weighted by atomic mass is 35.5. The molecule has 0 bridgehead atoms. The van der Waals surface area contributed by atoms with Crippen LogP contribution in [0.1, 0.15) is 49.5 Å². The minimum absolute atomic E-state index is 0.0505. The molecule has 3 aromatic heterocycles. The molecule has 0 aliphatic heterocycles. The van der Waals surface area contributed by atoms with Crippen LogP contribution in [0.5, 0.6) is 0 Å². The highest BCUT2D eigenvalue weighted by molar-refractivity contribution is 6.35. The fourth-order valence-electron chi connectivity index (χ4n) is 3.62. The van der Waals surface area contributed by atoms with E-state index in [9.17, 15) is 10.2 Å². The maximum atomic E-state index is 15.0. The third-order valence-electron chi connectivity index (χ3n) is 5.48. The molecule has 34 heavy (non-hydrogen) atoms. The molecule has 0 saturated carbocycles. The van der Waals surface area contributed by atoms with Crippen molar-refractivity contribution in [3.63, 3.8) is 0 Å². The van der Waals surface area contributed by atoms with Crippen molar-refractivity contribution in [2.75, 3.05) is 5.32 Å². The lowest BCUT2D eigenvalue weighted by atomic mass is 10.0. The summed E-state index contributed by atoms with van der Waals surface area (Å²) in [6, 6.07) is 8.70. The molecule has 0 spiro atoms. The van der Waals surface area contributed by atoms with Gasteiger partial charge in [0.2, 0.25) is 0 Å². The number of anilines is 1. The van der Waals surface area contributed by atoms with Gasteiger partial charge in [-0.15, -0.1) is 0 Å². The number of hydrogen-bond acceptors (Lipinski definition) is 7. The number of nitrogens with one attached hydrogen (secondary N) is 1. The van der Waals surface area contributed by atoms with Gasteiger partial charge in [0, 0.05) is 30.1 Å². The molecule has 4 aromatic rings. The quantitative estimate of drug-likeness (QED) is 0.352. The van der Waals surface area contributed by atoms with Crippen LogP contribution in [0.2, 0.25) is 5.02 Å². The molecule has 7 nitrogen and oxygen atoms in total. The Morgan fingerprint density at radius 1 is 1.15 bits per heavy atom. The summed E-state index contributed by atoms with van der Waals surface area (Å²) in [5.74, 6) is -0.352. The predicted octanol–water partition coefficient (Wildman–Crippen LogP) is 5.08. The van der Waals surface area contributed by atoms with Crippen LogP contribution in [0.25, 0.3) is 22.3 Å². The molecule has 0 fully saturated rings. The maximum absolute atomic E-state index is 15.0. The third-order valence-corrected chi connectivity index (χ3v) is 5.95. The zero-order valence-electron chi connectivity index (χ0n) is 19.3. The molecule has 0 saturated heterocycles. The van der Waals surface area contributed by atoms with Crippen LogP contribution in [0, 0.1) is 12.7 Å². The summed E-state index contributed by atoms with van der Waals surface area (Å²) >= 11 is 6.62. The van der Waals surface area contributed by atoms with E-state index in [-0.39, 0.29) is 24.2 Å². The van der Waals surface area contributed by atoms with Crippen molar-refractivity contribution in [2.24, 2.45) is 0 Å². The van der Waals surface area contributed by atoms with E-state index in [1.54, 1.807) is 20.8 Å². The predicted molar refractivity (Wildman–Crippen MR) is 130 cm³/mol. The molecule has 1 atom stereocenters. The lowest BCUT2D eigenvalue weighted by molar-refractivity contribution is 0.0687. The van der Waals surface area contributed by atoms with Crippen LogP contribution in [-0.4, -0.2) is 30.1 Å². The van der Waals surface area contributed by atoms with E-state index < -0.39 is 11.4 Å². The fraction of sp³-hybridized carbons (Fsp3) is 0.280. The van der Waals surface area contributed by atoms with Crippen LogP contribution in [-0.2, 0) is 12.2 Å². The lowest BCUT2D eigenvalue weighted by Crippen LogP contribution is -2.19. The summed E-state index contributed by atoms with van der Waals surface area (Å²) in [4.78, 5) is 17.3. The largest absolute Gasteiger partial charge is 0.392 e. The second kappa shape index (κ2) is 9.21. The van der Waals surface area contributed by atoms with E-state index in [0.29, 0.717) is 33.0 Å². The molecule has 4 rings (SSSR count). The molecule has 176 valence electrons. The van der Waals surface area contributed by atoms with Gasteiger partial charge < -0.3 is 15.5 Å². The van der Waals surface area contributed by atoms with Gasteiger partial charge in [-0.25, -0.2) is 24.3 Å². The Balaban J connectivity index is 1.81. The summed E-state index contributed by atoms with van der Waals surface area (Å²) < 4.78 is 15.0. The number of halogens is 2. The number of pyridine rings is 2. The van der Waals surface area contributed by atoms with E-state index in [1.807, 2.05) is 31.2 Å². The van der Waals surface area contributed by atoms with Crippen molar-refractivity contribution in [3.8, 4) is 11.3 Å². The molecule has 1 aromatic carbocycles. The van der Waals surface area contributed by atoms with Crippen molar-refractivity contribution in [1.29, 1.82) is 0 Å². The number of rotatable bonds is 6. The van der Waals surface area contributed by atoms with E-state index in [0.717, 1.165) is 11.1 Å². The number of aliphatic hydroxyl groups excluding tert-OH is 1. The van der Waals surface area contributed by atoms with Gasteiger partial charge in [-0.2, -0.15) is 0 Å². The highest BCUT2D eigenvalue weighted by Gasteiger charge is 2.22. The van der Waals surface area contributed by atoms with Crippen LogP contribution in [0.4, 0.5) is 10.1 Å². The maximum Gasteiger partial charge on any atom is 0.159 e. The van der Waals surface area contributed by atoms with Gasteiger partial charge in [-0.05, 0) is 38.8 Å². The van der Waals surface area contributed by atoms with Crippen LogP contribution in [0.3, 0.4) is 0 Å². The van der Waals surface area contributed by atoms with Crippen LogP contribution >= 0.6 is 11.6 Å². The first kappa shape index (κ1) is 23.9. The summed E-state index contributed by atoms with van der Waals surface area (Å²) in [6.45, 7) is 6.79. The van der Waals surface area contributed by atoms with Crippen LogP contribution < -0.4 is 5.32 Å². The Morgan fingerprint density at radius 2 is 1.85 bits per heavy atom. The molecule has 9 heteroatoms. The van der Waals surface area contributed by atoms with Crippen molar-refractivity contribution in [2.45, 2.75) is 45.9 Å². The number of hydrogen-bond donors (Lipinski definition) is 3. The lowest BCUT2D eigenvalue weighted by Gasteiger charge is -2.20. The molecular weight excluding hydrogens is 457 g/mol. The SMILES string of the molecule is Cc1nc2cc(F)c(-c3cnc(C(C)(C)O)nc3)nc2c(NC(C)c2cccc(CO)c2)c1Cl. The summed E-state index contributed by atoms with van der Waals surface area (Å²) in [5, 5.41) is 23.3. The van der Waals surface area contributed by atoms with Gasteiger partial charge >= 0.3 is 0 Å². The Kier molecular flexibility index (Phi) is 6.49. The van der Waals surface area contributed by atoms with Crippen molar-refractivity contribution < 1.29 is 14.6 Å². The normalized spacial score (nSPS) is 12.7. The second-order valence-corrected chi connectivity index (χ2v) is 9.07. The minimum Gasteiger partial charge on any atom is -0.392 e.